The van der Waals surface area contributed by atoms with E-state index in [1.807, 2.05) is 6.92 Å². The third kappa shape index (κ3) is 4.97. The lowest BCUT2D eigenvalue weighted by Gasteiger charge is -2.33. The second kappa shape index (κ2) is 8.70. The number of carbonyl (C=O) groups excluding carboxylic acids is 1. The quantitative estimate of drug-likeness (QED) is 0.861. The highest BCUT2D eigenvalue weighted by Gasteiger charge is 2.24. The number of amides is 2. The van der Waals surface area contributed by atoms with Crippen molar-refractivity contribution in [1.82, 2.24) is 25.3 Å². The van der Waals surface area contributed by atoms with Gasteiger partial charge in [-0.1, -0.05) is 26.2 Å². The Bertz CT molecular complexity index is 564. The van der Waals surface area contributed by atoms with Crippen LogP contribution in [0, 0.1) is 0 Å². The molecule has 0 unspecified atom stereocenters. The fourth-order valence-corrected chi connectivity index (χ4v) is 3.94. The Hall–Kier alpha value is -1.56. The molecule has 1 aromatic rings. The highest BCUT2D eigenvalue weighted by atomic mass is 16.2. The van der Waals surface area contributed by atoms with Crippen LogP contribution in [-0.2, 0) is 19.6 Å². The van der Waals surface area contributed by atoms with E-state index >= 15 is 0 Å². The van der Waals surface area contributed by atoms with Crippen LogP contribution in [0.2, 0.25) is 0 Å². The lowest BCUT2D eigenvalue weighted by atomic mass is 9.94. The molecule has 6 heteroatoms. The number of aryl methyl sites for hydroxylation is 1. The lowest BCUT2D eigenvalue weighted by Crippen LogP contribution is -2.40. The summed E-state index contributed by atoms with van der Waals surface area (Å²) in [7, 11) is 0. The molecular formula is C19H33N5O. The van der Waals surface area contributed by atoms with Gasteiger partial charge in [0.1, 0.15) is 0 Å². The van der Waals surface area contributed by atoms with Gasteiger partial charge in [0, 0.05) is 31.7 Å². The van der Waals surface area contributed by atoms with Crippen LogP contribution in [0.1, 0.15) is 70.2 Å². The number of hydrogen-bond donors (Lipinski definition) is 2. The van der Waals surface area contributed by atoms with Crippen molar-refractivity contribution in [3.8, 4) is 0 Å². The van der Waals surface area contributed by atoms with E-state index in [9.17, 15) is 4.79 Å². The van der Waals surface area contributed by atoms with Crippen molar-refractivity contribution in [1.29, 1.82) is 0 Å². The Morgan fingerprint density at radius 1 is 1.28 bits per heavy atom. The van der Waals surface area contributed by atoms with Gasteiger partial charge < -0.3 is 10.6 Å². The third-order valence-corrected chi connectivity index (χ3v) is 5.61. The predicted octanol–water partition coefficient (Wildman–Crippen LogP) is 3.02. The number of hydrogen-bond acceptors (Lipinski definition) is 3. The lowest BCUT2D eigenvalue weighted by molar-refractivity contribution is 0.150. The van der Waals surface area contributed by atoms with Crippen molar-refractivity contribution < 1.29 is 4.79 Å². The minimum absolute atomic E-state index is 0.110. The average Bonchev–Trinajstić information content (AvgIpc) is 2.91. The summed E-state index contributed by atoms with van der Waals surface area (Å²) < 4.78 is 2.15. The zero-order chi connectivity index (χ0) is 17.6. The second-order valence-electron chi connectivity index (χ2n) is 7.60. The summed E-state index contributed by atoms with van der Waals surface area (Å²) in [5.74, 6) is 0. The molecule has 1 aromatic heterocycles. The Balaban J connectivity index is 1.56. The fraction of sp³-hybridized carbons (Fsp3) is 0.789. The van der Waals surface area contributed by atoms with Gasteiger partial charge in [-0.05, 0) is 38.7 Å². The molecule has 2 amide bonds. The van der Waals surface area contributed by atoms with E-state index in [0.29, 0.717) is 6.54 Å². The second-order valence-corrected chi connectivity index (χ2v) is 7.60. The van der Waals surface area contributed by atoms with E-state index in [1.54, 1.807) is 0 Å². The Kier molecular flexibility index (Phi) is 6.34. The Labute approximate surface area is 151 Å². The van der Waals surface area contributed by atoms with Crippen LogP contribution in [0.25, 0.3) is 0 Å². The summed E-state index contributed by atoms with van der Waals surface area (Å²) in [6, 6.07) is 3.01. The van der Waals surface area contributed by atoms with Gasteiger partial charge in [0.25, 0.3) is 0 Å². The summed E-state index contributed by atoms with van der Waals surface area (Å²) in [5.41, 5.74) is 2.25. The molecule has 6 nitrogen and oxygen atoms in total. The zero-order valence-corrected chi connectivity index (χ0v) is 15.8. The van der Waals surface area contributed by atoms with E-state index in [4.69, 9.17) is 5.10 Å². The number of urea groups is 1. The third-order valence-electron chi connectivity index (χ3n) is 5.61. The van der Waals surface area contributed by atoms with Crippen molar-refractivity contribution in [2.24, 2.45) is 0 Å². The van der Waals surface area contributed by atoms with Crippen LogP contribution in [0.3, 0.4) is 0 Å². The molecule has 0 bridgehead atoms. The van der Waals surface area contributed by atoms with E-state index < -0.39 is 0 Å². The van der Waals surface area contributed by atoms with Gasteiger partial charge in [-0.2, -0.15) is 5.10 Å². The summed E-state index contributed by atoms with van der Waals surface area (Å²) >= 11 is 0. The summed E-state index contributed by atoms with van der Waals surface area (Å²) in [5, 5.41) is 10.6. The van der Waals surface area contributed by atoms with Crippen LogP contribution in [-0.4, -0.2) is 39.3 Å². The molecule has 140 valence electrons. The van der Waals surface area contributed by atoms with Gasteiger partial charge in [0.05, 0.1) is 17.9 Å². The standard InChI is InChI=1S/C19H33N5O/c1-3-15(2)21-19(25)20-13-16-12-18-14-23(10-7-11-24(18)22-16)17-8-5-4-6-9-17/h12,15,17H,3-11,13-14H2,1-2H3,(H2,20,21,25)/t15-/m1/s1. The highest BCUT2D eigenvalue weighted by molar-refractivity contribution is 5.74. The first-order chi connectivity index (χ1) is 12.2. The average molecular weight is 348 g/mol. The first-order valence-electron chi connectivity index (χ1n) is 9.99. The maximum absolute atomic E-state index is 11.9. The minimum Gasteiger partial charge on any atom is -0.336 e. The molecule has 2 heterocycles. The molecule has 1 saturated carbocycles. The van der Waals surface area contributed by atoms with Gasteiger partial charge >= 0.3 is 6.03 Å². The van der Waals surface area contributed by atoms with E-state index in [-0.39, 0.29) is 12.1 Å². The predicted molar refractivity (Wildman–Crippen MR) is 99.3 cm³/mol. The Morgan fingerprint density at radius 3 is 2.84 bits per heavy atom. The first-order valence-corrected chi connectivity index (χ1v) is 9.99. The number of carbonyl (C=O) groups is 1. The number of rotatable bonds is 5. The molecule has 0 saturated heterocycles. The summed E-state index contributed by atoms with van der Waals surface area (Å²) in [6.07, 6.45) is 8.94. The number of fused-ring (bicyclic) bond motifs is 1. The number of nitrogens with one attached hydrogen (secondary N) is 2. The van der Waals surface area contributed by atoms with Gasteiger partial charge in [-0.15, -0.1) is 0 Å². The van der Waals surface area contributed by atoms with E-state index in [0.717, 1.165) is 37.7 Å². The van der Waals surface area contributed by atoms with Crippen LogP contribution in [0.5, 0.6) is 0 Å². The van der Waals surface area contributed by atoms with Gasteiger partial charge in [0.15, 0.2) is 0 Å². The molecule has 1 atom stereocenters. The molecular weight excluding hydrogens is 314 g/mol. The highest BCUT2D eigenvalue weighted by Crippen LogP contribution is 2.25. The van der Waals surface area contributed by atoms with Gasteiger partial charge in [-0.3, -0.25) is 9.58 Å². The molecule has 0 radical (unpaired) electrons. The topological polar surface area (TPSA) is 62.2 Å². The first kappa shape index (κ1) is 18.2. The minimum atomic E-state index is -0.110. The van der Waals surface area contributed by atoms with Crippen molar-refractivity contribution in [3.05, 3.63) is 17.5 Å². The van der Waals surface area contributed by atoms with Crippen LogP contribution in [0.15, 0.2) is 6.07 Å². The van der Waals surface area contributed by atoms with E-state index in [1.165, 1.54) is 44.3 Å². The van der Waals surface area contributed by atoms with E-state index in [2.05, 4.69) is 33.2 Å². The molecule has 2 aliphatic rings. The smallest absolute Gasteiger partial charge is 0.315 e. The molecule has 1 aliphatic carbocycles. The van der Waals surface area contributed by atoms with Gasteiger partial charge in [-0.25, -0.2) is 4.79 Å². The monoisotopic (exact) mass is 347 g/mol. The van der Waals surface area contributed by atoms with Crippen molar-refractivity contribution in [3.63, 3.8) is 0 Å². The molecule has 1 fully saturated rings. The van der Waals surface area contributed by atoms with Crippen LogP contribution >= 0.6 is 0 Å². The van der Waals surface area contributed by atoms with Crippen molar-refractivity contribution >= 4 is 6.03 Å². The number of aromatic nitrogens is 2. The molecule has 1 aliphatic heterocycles. The molecule has 25 heavy (non-hydrogen) atoms. The molecule has 0 spiro atoms. The van der Waals surface area contributed by atoms with Crippen LogP contribution < -0.4 is 10.6 Å². The maximum atomic E-state index is 11.9. The number of nitrogens with zero attached hydrogens (tertiary/aromatic N) is 3. The molecule has 2 N–H and O–H groups in total. The molecule has 3 rings (SSSR count). The zero-order valence-electron chi connectivity index (χ0n) is 15.8. The SMILES string of the molecule is CC[C@@H](C)NC(=O)NCc1cc2n(n1)CCCN(C1CCCCC1)C2. The van der Waals surface area contributed by atoms with Crippen LogP contribution in [0.4, 0.5) is 4.79 Å². The fourth-order valence-electron chi connectivity index (χ4n) is 3.94. The normalized spacial score (nSPS) is 20.6. The van der Waals surface area contributed by atoms with Gasteiger partial charge in [0.2, 0.25) is 0 Å². The largest absolute Gasteiger partial charge is 0.336 e. The summed E-state index contributed by atoms with van der Waals surface area (Å²) in [6.45, 7) is 7.73. The molecule has 0 aromatic carbocycles. The van der Waals surface area contributed by atoms with Crippen molar-refractivity contribution in [2.75, 3.05) is 6.54 Å². The maximum Gasteiger partial charge on any atom is 0.315 e. The summed E-state index contributed by atoms with van der Waals surface area (Å²) in [4.78, 5) is 14.5. The van der Waals surface area contributed by atoms with Crippen molar-refractivity contribution in [2.45, 2.75) is 90.5 Å². The Morgan fingerprint density at radius 2 is 2.08 bits per heavy atom.